The minimum absolute atomic E-state index is 0.125. The third kappa shape index (κ3) is 2.06. The zero-order valence-corrected chi connectivity index (χ0v) is 11.9. The minimum atomic E-state index is -3.47. The first kappa shape index (κ1) is 13.5. The van der Waals surface area contributed by atoms with E-state index in [9.17, 15) is 8.42 Å². The van der Waals surface area contributed by atoms with Gasteiger partial charge < -0.3 is 10.3 Å². The molecule has 0 saturated carbocycles. The van der Waals surface area contributed by atoms with Gasteiger partial charge in [0.05, 0.1) is 0 Å². The number of hydrogen-bond acceptors (Lipinski definition) is 4. The standard InChI is InChI=1S/C11H20N4O2S/c1-4-11(12)7-15(8-11)18(16,17)10-6-14(5-2)9(3)13-10/h6H,4-5,7-8,12H2,1-3H3. The number of sulfonamides is 1. The van der Waals surface area contributed by atoms with Crippen LogP contribution in [0.3, 0.4) is 0 Å². The van der Waals surface area contributed by atoms with E-state index in [1.165, 1.54) is 4.31 Å². The van der Waals surface area contributed by atoms with Crippen LogP contribution < -0.4 is 5.73 Å². The van der Waals surface area contributed by atoms with E-state index < -0.39 is 10.0 Å². The topological polar surface area (TPSA) is 81.2 Å². The number of nitrogens with zero attached hydrogens (tertiary/aromatic N) is 3. The second kappa shape index (κ2) is 4.32. The van der Waals surface area contributed by atoms with Gasteiger partial charge in [-0.1, -0.05) is 6.92 Å². The van der Waals surface area contributed by atoms with Crippen molar-refractivity contribution < 1.29 is 8.42 Å². The third-order valence-electron chi connectivity index (χ3n) is 3.59. The Hall–Kier alpha value is -0.920. The fraction of sp³-hybridized carbons (Fsp3) is 0.727. The first-order valence-corrected chi connectivity index (χ1v) is 7.59. The van der Waals surface area contributed by atoms with Crippen LogP contribution >= 0.6 is 0 Å². The molecule has 1 aromatic rings. The monoisotopic (exact) mass is 272 g/mol. The molecule has 0 unspecified atom stereocenters. The highest BCUT2D eigenvalue weighted by Crippen LogP contribution is 2.28. The van der Waals surface area contributed by atoms with Crippen LogP contribution in [0, 0.1) is 6.92 Å². The molecule has 0 radical (unpaired) electrons. The van der Waals surface area contributed by atoms with Gasteiger partial charge in [-0.3, -0.25) is 0 Å². The van der Waals surface area contributed by atoms with Crippen LogP contribution in [0.25, 0.3) is 0 Å². The molecule has 0 atom stereocenters. The van der Waals surface area contributed by atoms with E-state index in [0.717, 1.165) is 6.42 Å². The lowest BCUT2D eigenvalue weighted by atomic mass is 9.91. The van der Waals surface area contributed by atoms with Gasteiger partial charge >= 0.3 is 0 Å². The van der Waals surface area contributed by atoms with E-state index in [0.29, 0.717) is 25.5 Å². The molecule has 2 heterocycles. The van der Waals surface area contributed by atoms with E-state index >= 15 is 0 Å². The molecule has 1 aromatic heterocycles. The fourth-order valence-corrected chi connectivity index (χ4v) is 3.73. The van der Waals surface area contributed by atoms with Gasteiger partial charge in [0.2, 0.25) is 0 Å². The molecule has 2 N–H and O–H groups in total. The van der Waals surface area contributed by atoms with E-state index in [2.05, 4.69) is 4.98 Å². The van der Waals surface area contributed by atoms with Gasteiger partial charge in [0.15, 0.2) is 5.03 Å². The van der Waals surface area contributed by atoms with Crippen molar-refractivity contribution in [1.29, 1.82) is 0 Å². The Bertz CT molecular complexity index is 543. The van der Waals surface area contributed by atoms with Gasteiger partial charge in [0, 0.05) is 31.4 Å². The molecule has 1 aliphatic heterocycles. The zero-order valence-electron chi connectivity index (χ0n) is 11.0. The second-order valence-electron chi connectivity index (χ2n) is 4.90. The van der Waals surface area contributed by atoms with E-state index in [-0.39, 0.29) is 10.6 Å². The first-order valence-electron chi connectivity index (χ1n) is 6.15. The minimum Gasteiger partial charge on any atom is -0.334 e. The molecule has 0 aromatic carbocycles. The summed E-state index contributed by atoms with van der Waals surface area (Å²) in [6.45, 7) is 7.20. The van der Waals surface area contributed by atoms with Crippen molar-refractivity contribution in [2.75, 3.05) is 13.1 Å². The summed E-state index contributed by atoms with van der Waals surface area (Å²) in [6, 6.07) is 0. The Balaban J connectivity index is 2.22. The van der Waals surface area contributed by atoms with Gasteiger partial charge in [0.1, 0.15) is 5.82 Å². The van der Waals surface area contributed by atoms with Crippen molar-refractivity contribution in [1.82, 2.24) is 13.9 Å². The molecule has 1 aliphatic rings. The summed E-state index contributed by atoms with van der Waals surface area (Å²) in [5.74, 6) is 0.714. The molecule has 2 rings (SSSR count). The number of nitrogens with two attached hydrogens (primary N) is 1. The van der Waals surface area contributed by atoms with Crippen molar-refractivity contribution in [3.05, 3.63) is 12.0 Å². The van der Waals surface area contributed by atoms with Crippen LogP contribution in [0.2, 0.25) is 0 Å². The maximum Gasteiger partial charge on any atom is 0.262 e. The van der Waals surface area contributed by atoms with Gasteiger partial charge in [0.25, 0.3) is 10.0 Å². The normalized spacial score (nSPS) is 19.8. The van der Waals surface area contributed by atoms with E-state index in [4.69, 9.17) is 5.73 Å². The highest BCUT2D eigenvalue weighted by Gasteiger charge is 2.45. The smallest absolute Gasteiger partial charge is 0.262 e. The summed E-state index contributed by atoms with van der Waals surface area (Å²) in [5.41, 5.74) is 5.63. The van der Waals surface area contributed by atoms with Crippen molar-refractivity contribution in [2.45, 2.75) is 44.3 Å². The van der Waals surface area contributed by atoms with E-state index in [1.54, 1.807) is 13.1 Å². The summed E-state index contributed by atoms with van der Waals surface area (Å²) >= 11 is 0. The molecule has 1 saturated heterocycles. The Morgan fingerprint density at radius 3 is 2.50 bits per heavy atom. The molecule has 6 nitrogen and oxygen atoms in total. The van der Waals surface area contributed by atoms with Gasteiger partial charge in [-0.2, -0.15) is 4.31 Å². The number of aromatic nitrogens is 2. The van der Waals surface area contributed by atoms with Crippen LogP contribution in [-0.4, -0.2) is 40.9 Å². The Morgan fingerprint density at radius 1 is 1.44 bits per heavy atom. The number of hydrogen-bond donors (Lipinski definition) is 1. The fourth-order valence-electron chi connectivity index (χ4n) is 2.11. The summed E-state index contributed by atoms with van der Waals surface area (Å²) in [4.78, 5) is 4.12. The quantitative estimate of drug-likeness (QED) is 0.856. The lowest BCUT2D eigenvalue weighted by Gasteiger charge is -2.45. The third-order valence-corrected chi connectivity index (χ3v) is 5.25. The molecular formula is C11H20N4O2S. The SMILES string of the molecule is CCn1cc(S(=O)(=O)N2CC(N)(CC)C2)nc1C. The van der Waals surface area contributed by atoms with Crippen LogP contribution in [0.4, 0.5) is 0 Å². The van der Waals surface area contributed by atoms with Crippen LogP contribution in [0.5, 0.6) is 0 Å². The molecule has 0 spiro atoms. The first-order chi connectivity index (χ1) is 8.32. The van der Waals surface area contributed by atoms with Crippen molar-refractivity contribution >= 4 is 10.0 Å². The summed E-state index contributed by atoms with van der Waals surface area (Å²) < 4.78 is 27.8. The van der Waals surface area contributed by atoms with Crippen LogP contribution in [-0.2, 0) is 16.6 Å². The number of aryl methyl sites for hydroxylation is 2. The summed E-state index contributed by atoms with van der Waals surface area (Å²) in [7, 11) is -3.47. The molecule has 1 fully saturated rings. The van der Waals surface area contributed by atoms with Gasteiger partial charge in [-0.05, 0) is 20.3 Å². The van der Waals surface area contributed by atoms with E-state index in [1.807, 2.05) is 18.4 Å². The average molecular weight is 272 g/mol. The highest BCUT2D eigenvalue weighted by molar-refractivity contribution is 7.89. The summed E-state index contributed by atoms with van der Waals surface area (Å²) in [5, 5.41) is 0.125. The average Bonchev–Trinajstić information content (AvgIpc) is 2.67. The molecule has 0 aliphatic carbocycles. The van der Waals surface area contributed by atoms with Crippen molar-refractivity contribution in [3.63, 3.8) is 0 Å². The molecule has 0 amide bonds. The Kier molecular flexibility index (Phi) is 3.25. The predicted octanol–water partition coefficient (Wildman–Crippen LogP) is 0.323. The maximum absolute atomic E-state index is 12.3. The maximum atomic E-state index is 12.3. The predicted molar refractivity (Wildman–Crippen MR) is 68.6 cm³/mol. The molecule has 0 bridgehead atoms. The van der Waals surface area contributed by atoms with Crippen molar-refractivity contribution in [2.24, 2.45) is 5.73 Å². The Labute approximate surface area is 108 Å². The molecule has 18 heavy (non-hydrogen) atoms. The molecule has 7 heteroatoms. The van der Waals surface area contributed by atoms with Gasteiger partial charge in [-0.25, -0.2) is 13.4 Å². The Morgan fingerprint density at radius 2 is 2.06 bits per heavy atom. The van der Waals surface area contributed by atoms with Crippen molar-refractivity contribution in [3.8, 4) is 0 Å². The molecular weight excluding hydrogens is 252 g/mol. The zero-order chi connectivity index (χ0) is 13.6. The van der Waals surface area contributed by atoms with Crippen LogP contribution in [0.15, 0.2) is 11.2 Å². The largest absolute Gasteiger partial charge is 0.334 e. The number of imidazole rings is 1. The van der Waals surface area contributed by atoms with Gasteiger partial charge in [-0.15, -0.1) is 0 Å². The lowest BCUT2D eigenvalue weighted by molar-refractivity contribution is 0.153. The molecule has 102 valence electrons. The second-order valence-corrected chi connectivity index (χ2v) is 6.79. The number of rotatable bonds is 4. The lowest BCUT2D eigenvalue weighted by Crippen LogP contribution is -2.68. The van der Waals surface area contributed by atoms with Crippen LogP contribution in [0.1, 0.15) is 26.1 Å². The summed E-state index contributed by atoms with van der Waals surface area (Å²) in [6.07, 6.45) is 2.37. The highest BCUT2D eigenvalue weighted by atomic mass is 32.2.